The molecule has 0 aliphatic carbocycles. The molecule has 0 radical (unpaired) electrons. The van der Waals surface area contributed by atoms with E-state index in [2.05, 4.69) is 15.6 Å². The minimum absolute atomic E-state index is 0.0493. The van der Waals surface area contributed by atoms with Crippen LogP contribution in [0.3, 0.4) is 0 Å². The summed E-state index contributed by atoms with van der Waals surface area (Å²) in [6, 6.07) is 13.0. The SMILES string of the molecule is Cc1occc1C(=O)NNC(=O)c1cccc(S(=O)(=O)Nc2ccc(Cl)cc2)c1. The van der Waals surface area contributed by atoms with E-state index in [1.54, 1.807) is 19.1 Å². The number of rotatable bonds is 5. The van der Waals surface area contributed by atoms with Crippen molar-refractivity contribution in [2.45, 2.75) is 11.8 Å². The van der Waals surface area contributed by atoms with Gasteiger partial charge in [-0.1, -0.05) is 17.7 Å². The maximum atomic E-state index is 12.6. The Morgan fingerprint density at radius 2 is 1.66 bits per heavy atom. The van der Waals surface area contributed by atoms with Crippen LogP contribution < -0.4 is 15.6 Å². The van der Waals surface area contributed by atoms with Crippen LogP contribution in [0.25, 0.3) is 0 Å². The monoisotopic (exact) mass is 433 g/mol. The highest BCUT2D eigenvalue weighted by Crippen LogP contribution is 2.19. The topological polar surface area (TPSA) is 118 Å². The summed E-state index contributed by atoms with van der Waals surface area (Å²) in [4.78, 5) is 24.2. The molecule has 0 aliphatic heterocycles. The second-order valence-corrected chi connectivity index (χ2v) is 8.06. The fraction of sp³-hybridized carbons (Fsp3) is 0.0526. The third-order valence-electron chi connectivity index (χ3n) is 3.90. The van der Waals surface area contributed by atoms with Crippen LogP contribution >= 0.6 is 11.6 Å². The fourth-order valence-electron chi connectivity index (χ4n) is 2.41. The van der Waals surface area contributed by atoms with E-state index in [9.17, 15) is 18.0 Å². The van der Waals surface area contributed by atoms with E-state index in [-0.39, 0.29) is 16.0 Å². The lowest BCUT2D eigenvalue weighted by atomic mass is 10.2. The van der Waals surface area contributed by atoms with Crippen molar-refractivity contribution in [1.82, 2.24) is 10.9 Å². The second kappa shape index (κ2) is 8.38. The standard InChI is InChI=1S/C19H16ClN3O5S/c1-12-17(9-10-28-12)19(25)22-21-18(24)13-3-2-4-16(11-13)29(26,27)23-15-7-5-14(20)6-8-15/h2-11,23H,1H3,(H,21,24)(H,22,25). The summed E-state index contributed by atoms with van der Waals surface area (Å²) in [5.41, 5.74) is 5.14. The highest BCUT2D eigenvalue weighted by atomic mass is 35.5. The molecule has 0 fully saturated rings. The van der Waals surface area contributed by atoms with E-state index in [1.165, 1.54) is 48.7 Å². The quantitative estimate of drug-likeness (QED) is 0.534. The van der Waals surface area contributed by atoms with Crippen LogP contribution in [0, 0.1) is 6.92 Å². The molecular weight excluding hydrogens is 418 g/mol. The van der Waals surface area contributed by atoms with E-state index in [0.29, 0.717) is 16.5 Å². The van der Waals surface area contributed by atoms with Crippen molar-refractivity contribution >= 4 is 39.1 Å². The number of anilines is 1. The lowest BCUT2D eigenvalue weighted by Gasteiger charge is -2.10. The number of hydrogen-bond donors (Lipinski definition) is 3. The summed E-state index contributed by atoms with van der Waals surface area (Å²) >= 11 is 5.79. The predicted octanol–water partition coefficient (Wildman–Crippen LogP) is 3.12. The predicted molar refractivity (Wildman–Crippen MR) is 107 cm³/mol. The molecule has 10 heteroatoms. The Bertz CT molecular complexity index is 1160. The number of halogens is 1. The van der Waals surface area contributed by atoms with Gasteiger partial charge in [-0.15, -0.1) is 0 Å². The Morgan fingerprint density at radius 1 is 0.966 bits per heavy atom. The van der Waals surface area contributed by atoms with Crippen molar-refractivity contribution in [3.05, 3.63) is 82.8 Å². The van der Waals surface area contributed by atoms with Gasteiger partial charge in [0.15, 0.2) is 0 Å². The van der Waals surface area contributed by atoms with Crippen molar-refractivity contribution in [1.29, 1.82) is 0 Å². The number of furan rings is 1. The molecule has 0 saturated carbocycles. The molecule has 0 spiro atoms. The molecule has 0 aliphatic rings. The molecule has 3 N–H and O–H groups in total. The van der Waals surface area contributed by atoms with Crippen LogP contribution in [0.15, 0.2) is 70.2 Å². The first-order valence-corrected chi connectivity index (χ1v) is 10.2. The average Bonchev–Trinajstić information content (AvgIpc) is 3.13. The van der Waals surface area contributed by atoms with Crippen LogP contribution in [0.1, 0.15) is 26.5 Å². The number of carbonyl (C=O) groups is 2. The maximum absolute atomic E-state index is 12.6. The minimum atomic E-state index is -3.93. The maximum Gasteiger partial charge on any atom is 0.273 e. The number of sulfonamides is 1. The number of aryl methyl sites for hydroxylation is 1. The number of carbonyl (C=O) groups excluding carboxylic acids is 2. The van der Waals surface area contributed by atoms with E-state index < -0.39 is 21.8 Å². The van der Waals surface area contributed by atoms with Gasteiger partial charge in [-0.05, 0) is 55.5 Å². The number of amides is 2. The summed E-state index contributed by atoms with van der Waals surface area (Å²) < 4.78 is 32.6. The average molecular weight is 434 g/mol. The summed E-state index contributed by atoms with van der Waals surface area (Å²) in [6.07, 6.45) is 1.36. The number of benzene rings is 2. The van der Waals surface area contributed by atoms with Crippen LogP contribution in [0.2, 0.25) is 5.02 Å². The van der Waals surface area contributed by atoms with Gasteiger partial charge in [0.05, 0.1) is 16.7 Å². The Morgan fingerprint density at radius 3 is 2.31 bits per heavy atom. The second-order valence-electron chi connectivity index (χ2n) is 5.94. The summed E-state index contributed by atoms with van der Waals surface area (Å²) in [5, 5.41) is 0.472. The van der Waals surface area contributed by atoms with Crippen molar-refractivity contribution < 1.29 is 22.4 Å². The van der Waals surface area contributed by atoms with Crippen LogP contribution in [-0.2, 0) is 10.0 Å². The molecule has 2 amide bonds. The number of nitrogens with one attached hydrogen (secondary N) is 3. The van der Waals surface area contributed by atoms with Crippen LogP contribution in [0.5, 0.6) is 0 Å². The highest BCUT2D eigenvalue weighted by Gasteiger charge is 2.18. The van der Waals surface area contributed by atoms with E-state index >= 15 is 0 Å². The van der Waals surface area contributed by atoms with Gasteiger partial charge in [0.25, 0.3) is 21.8 Å². The van der Waals surface area contributed by atoms with Crippen molar-refractivity contribution in [2.24, 2.45) is 0 Å². The molecule has 0 unspecified atom stereocenters. The number of hydrazine groups is 1. The third-order valence-corrected chi connectivity index (χ3v) is 5.53. The molecule has 8 nitrogen and oxygen atoms in total. The molecule has 0 saturated heterocycles. The first kappa shape index (κ1) is 20.4. The van der Waals surface area contributed by atoms with E-state index in [1.807, 2.05) is 0 Å². The summed E-state index contributed by atoms with van der Waals surface area (Å²) in [7, 11) is -3.93. The van der Waals surface area contributed by atoms with Crippen LogP contribution in [-0.4, -0.2) is 20.2 Å². The van der Waals surface area contributed by atoms with Gasteiger partial charge < -0.3 is 4.42 Å². The van der Waals surface area contributed by atoms with Crippen LogP contribution in [0.4, 0.5) is 5.69 Å². The zero-order valence-electron chi connectivity index (χ0n) is 15.1. The molecule has 3 rings (SSSR count). The molecule has 1 heterocycles. The number of hydrogen-bond acceptors (Lipinski definition) is 5. The van der Waals surface area contributed by atoms with Gasteiger partial charge in [0.1, 0.15) is 5.76 Å². The molecule has 3 aromatic rings. The van der Waals surface area contributed by atoms with Crippen molar-refractivity contribution in [3.63, 3.8) is 0 Å². The van der Waals surface area contributed by atoms with Gasteiger partial charge >= 0.3 is 0 Å². The van der Waals surface area contributed by atoms with E-state index in [0.717, 1.165) is 0 Å². The molecule has 0 bridgehead atoms. The lowest BCUT2D eigenvalue weighted by Crippen LogP contribution is -2.41. The lowest BCUT2D eigenvalue weighted by molar-refractivity contribution is 0.0845. The highest BCUT2D eigenvalue weighted by molar-refractivity contribution is 7.92. The Labute approximate surface area is 171 Å². The Kier molecular flexibility index (Phi) is 5.90. The molecule has 2 aromatic carbocycles. The first-order chi connectivity index (χ1) is 13.8. The van der Waals surface area contributed by atoms with Gasteiger partial charge in [-0.3, -0.25) is 25.2 Å². The summed E-state index contributed by atoms with van der Waals surface area (Å²) in [5.74, 6) is -0.834. The van der Waals surface area contributed by atoms with Gasteiger partial charge in [0, 0.05) is 16.3 Å². The summed E-state index contributed by atoms with van der Waals surface area (Å²) in [6.45, 7) is 1.61. The van der Waals surface area contributed by atoms with Crippen molar-refractivity contribution in [3.8, 4) is 0 Å². The Balaban J connectivity index is 1.71. The molecule has 150 valence electrons. The largest absolute Gasteiger partial charge is 0.469 e. The Hall–Kier alpha value is -3.30. The molecular formula is C19H16ClN3O5S. The van der Waals surface area contributed by atoms with Crippen molar-refractivity contribution in [2.75, 3.05) is 4.72 Å². The minimum Gasteiger partial charge on any atom is -0.469 e. The molecule has 1 aromatic heterocycles. The van der Waals surface area contributed by atoms with E-state index in [4.69, 9.17) is 16.0 Å². The third kappa shape index (κ3) is 4.95. The van der Waals surface area contributed by atoms with Gasteiger partial charge in [0.2, 0.25) is 0 Å². The van der Waals surface area contributed by atoms with Gasteiger partial charge in [-0.2, -0.15) is 0 Å². The molecule has 29 heavy (non-hydrogen) atoms. The zero-order chi connectivity index (χ0) is 21.0. The molecule has 0 atom stereocenters. The fourth-order valence-corrected chi connectivity index (χ4v) is 3.64. The normalized spacial score (nSPS) is 11.0. The zero-order valence-corrected chi connectivity index (χ0v) is 16.7. The first-order valence-electron chi connectivity index (χ1n) is 8.29. The van der Waals surface area contributed by atoms with Gasteiger partial charge in [-0.25, -0.2) is 8.42 Å². The smallest absolute Gasteiger partial charge is 0.273 e.